The lowest BCUT2D eigenvalue weighted by molar-refractivity contribution is 0.122. The number of aromatic nitrogens is 12. The predicted octanol–water partition coefficient (Wildman–Crippen LogP) is 14.0. The summed E-state index contributed by atoms with van der Waals surface area (Å²) < 4.78 is 43.9. The summed E-state index contributed by atoms with van der Waals surface area (Å²) >= 11 is 0. The zero-order valence-electron chi connectivity index (χ0n) is 53.9. The number of imidazole rings is 3. The number of aliphatic hydroxyl groups excluding tert-OH is 2. The molecule has 0 saturated heterocycles. The molecular weight excluding hydrogens is 1240 g/mol. The van der Waals surface area contributed by atoms with Gasteiger partial charge in [0.15, 0.2) is 0 Å². The summed E-state index contributed by atoms with van der Waals surface area (Å²) in [5.74, 6) is -0.320. The van der Waals surface area contributed by atoms with E-state index in [1.807, 2.05) is 95.4 Å². The molecule has 9 aromatic heterocycles. The molecule has 11 N–H and O–H groups in total. The molecule has 0 bridgehead atoms. The van der Waals surface area contributed by atoms with Crippen molar-refractivity contribution in [3.63, 3.8) is 0 Å². The van der Waals surface area contributed by atoms with Crippen molar-refractivity contribution in [2.75, 3.05) is 35.6 Å². The number of halogens is 3. The molecule has 0 spiro atoms. The molecule has 1 aliphatic rings. The van der Waals surface area contributed by atoms with Gasteiger partial charge < -0.3 is 41.1 Å². The van der Waals surface area contributed by atoms with Crippen molar-refractivity contribution in [3.05, 3.63) is 181 Å². The second-order valence-electron chi connectivity index (χ2n) is 23.2. The number of nitrogens with zero attached hydrogens (tertiary/aromatic N) is 9. The number of carbonyl (C=O) groups is 3. The van der Waals surface area contributed by atoms with Gasteiger partial charge in [0.25, 0.3) is 0 Å². The number of aromatic amines is 3. The number of pyridine rings is 6. The molecule has 0 radical (unpaired) electrons. The van der Waals surface area contributed by atoms with E-state index < -0.39 is 41.7 Å². The van der Waals surface area contributed by atoms with Crippen molar-refractivity contribution < 1.29 is 37.8 Å². The van der Waals surface area contributed by atoms with Crippen LogP contribution in [0.5, 0.6) is 0 Å². The zero-order valence-corrected chi connectivity index (χ0v) is 53.9. The van der Waals surface area contributed by atoms with Crippen LogP contribution in [0.15, 0.2) is 146 Å². The van der Waals surface area contributed by atoms with Crippen molar-refractivity contribution in [2.45, 2.75) is 79.4 Å². The lowest BCUT2D eigenvalue weighted by atomic mass is 9.99. The fraction of sp³-hybridized carbons (Fsp3) is 0.239. The second-order valence-corrected chi connectivity index (χ2v) is 23.2. The second kappa shape index (κ2) is 30.3. The van der Waals surface area contributed by atoms with Crippen LogP contribution in [-0.4, -0.2) is 108 Å². The van der Waals surface area contributed by atoms with Gasteiger partial charge in [-0.3, -0.25) is 45.9 Å². The Balaban J connectivity index is 0.000000148. The van der Waals surface area contributed by atoms with Gasteiger partial charge in [0.05, 0.1) is 40.1 Å². The monoisotopic (exact) mass is 1310 g/mol. The number of hydrogen-bond donors (Lipinski definition) is 11. The first kappa shape index (κ1) is 66.9. The van der Waals surface area contributed by atoms with E-state index in [-0.39, 0.29) is 46.9 Å². The Morgan fingerprint density at radius 3 is 1.16 bits per heavy atom. The number of H-pyrrole nitrogens is 3. The van der Waals surface area contributed by atoms with Gasteiger partial charge in [-0.2, -0.15) is 0 Å². The molecule has 1 aliphatic carbocycles. The van der Waals surface area contributed by atoms with E-state index in [9.17, 15) is 37.8 Å². The highest BCUT2D eigenvalue weighted by molar-refractivity contribution is 6.01. The molecule has 1 saturated carbocycles. The van der Waals surface area contributed by atoms with Crippen LogP contribution in [0.1, 0.15) is 90.1 Å². The molecule has 6 amide bonds. The van der Waals surface area contributed by atoms with E-state index in [1.165, 1.54) is 42.7 Å². The van der Waals surface area contributed by atoms with Gasteiger partial charge in [0.1, 0.15) is 51.1 Å². The average Bonchev–Trinajstić information content (AvgIpc) is 1.58. The van der Waals surface area contributed by atoms with Gasteiger partial charge in [-0.05, 0) is 160 Å². The highest BCUT2D eigenvalue weighted by atomic mass is 19.1. The first-order valence-electron chi connectivity index (χ1n) is 31.8. The molecule has 23 nitrogen and oxygen atoms in total. The molecule has 13 rings (SSSR count). The Kier molecular flexibility index (Phi) is 20.9. The van der Waals surface area contributed by atoms with Crippen LogP contribution in [0.25, 0.3) is 100 Å². The molecule has 3 aromatic carbocycles. The van der Waals surface area contributed by atoms with E-state index in [0.29, 0.717) is 86.7 Å². The van der Waals surface area contributed by atoms with E-state index in [4.69, 9.17) is 0 Å². The van der Waals surface area contributed by atoms with Gasteiger partial charge in [0.2, 0.25) is 17.8 Å². The highest BCUT2D eigenvalue weighted by Gasteiger charge is 2.32. The molecule has 9 heterocycles. The molecule has 26 heteroatoms. The summed E-state index contributed by atoms with van der Waals surface area (Å²) in [6.45, 7) is 12.8. The van der Waals surface area contributed by atoms with Gasteiger partial charge in [-0.1, -0.05) is 45.4 Å². The Bertz CT molecular complexity index is 4580. The van der Waals surface area contributed by atoms with Crippen LogP contribution < -0.4 is 31.9 Å². The molecule has 496 valence electrons. The minimum atomic E-state index is -0.657. The number of aryl methyl sites for hydroxylation is 1. The Hall–Kier alpha value is -11.5. The maximum absolute atomic E-state index is 14.7. The van der Waals surface area contributed by atoms with Crippen molar-refractivity contribution in [1.29, 1.82) is 0 Å². The highest BCUT2D eigenvalue weighted by Crippen LogP contribution is 2.42. The molecule has 2 atom stereocenters. The van der Waals surface area contributed by atoms with E-state index >= 15 is 0 Å². The van der Waals surface area contributed by atoms with E-state index in [2.05, 4.69) is 98.6 Å². The summed E-state index contributed by atoms with van der Waals surface area (Å²) in [4.78, 5) is 84.5. The fourth-order valence-electron chi connectivity index (χ4n) is 10.8. The predicted molar refractivity (Wildman–Crippen MR) is 367 cm³/mol. The normalized spacial score (nSPS) is 12.5. The SMILES string of the molecule is CCCc1ccc(-c2cc(-c3ncccc3F)c3nc(NC(=O)NCC)[nH]c3c2)cn1.CCNC(=O)Nc1nc2c(-c3ncccc3F)cc(-c3ccc(C(O)C(C)C)nc3)cc2[nH]1.CCNC(=O)Nc1nc2c(-c3ncccc3F)cc(-c3ccc(C(O)C4CC4)nc3)cc2[nH]1. The van der Waals surface area contributed by atoms with Gasteiger partial charge in [-0.25, -0.2) is 42.5 Å². The van der Waals surface area contributed by atoms with Crippen molar-refractivity contribution in [3.8, 4) is 67.2 Å². The first-order chi connectivity index (χ1) is 47.0. The van der Waals surface area contributed by atoms with E-state index in [1.54, 1.807) is 42.9 Å². The maximum Gasteiger partial charge on any atom is 0.321 e. The van der Waals surface area contributed by atoms with Gasteiger partial charge in [0, 0.05) is 95.9 Å². The number of carbonyl (C=O) groups excluding carboxylic acids is 3. The number of benzene rings is 3. The summed E-state index contributed by atoms with van der Waals surface area (Å²) in [6.07, 6.45) is 12.5. The lowest BCUT2D eigenvalue weighted by Crippen LogP contribution is -2.28. The van der Waals surface area contributed by atoms with Crippen LogP contribution in [0.3, 0.4) is 0 Å². The van der Waals surface area contributed by atoms with Crippen LogP contribution in [-0.2, 0) is 6.42 Å². The van der Waals surface area contributed by atoms with Crippen LogP contribution in [0, 0.1) is 29.3 Å². The standard InChI is InChI=1S/C24H23FN6O2.C24H25FN6O2.C23H23FN6O/c1-2-26-24(33)31-23-29-19-11-15(14-7-8-18(28-12-14)22(32)13-5-6-13)10-16(21(19)30-23)20-17(25)4-3-9-27-20;1-4-26-24(33)31-23-29-19-11-15(14-7-8-18(28-12-14)22(32)13(2)3)10-16(21(19)30-23)20-17(25)6-5-9-27-20;1-3-6-16-9-8-14(13-27-16)15-11-17(20-18(24)7-5-10-26-20)21-19(12-15)28-22(29-21)30-23(31)25-4-2/h3-4,7-13,22,32H,2,5-6H2,1H3,(H3,26,29,30,31,33);5-13,22,32H,4H2,1-3H3,(H3,26,29,30,31,33);5,7-13H,3-4,6H2,1-2H3,(H3,25,28,29,30,31). The summed E-state index contributed by atoms with van der Waals surface area (Å²) in [7, 11) is 0. The minimum absolute atomic E-state index is 0.0410. The number of hydrogen-bond acceptors (Lipinski definition) is 14. The first-order valence-corrected chi connectivity index (χ1v) is 31.8. The minimum Gasteiger partial charge on any atom is -0.387 e. The molecule has 1 fully saturated rings. The van der Waals surface area contributed by atoms with Crippen LogP contribution in [0.2, 0.25) is 0 Å². The number of aliphatic hydroxyl groups is 2. The Morgan fingerprint density at radius 2 is 0.856 bits per heavy atom. The van der Waals surface area contributed by atoms with E-state index in [0.717, 1.165) is 64.8 Å². The maximum atomic E-state index is 14.7. The number of fused-ring (bicyclic) bond motifs is 3. The Morgan fingerprint density at radius 1 is 0.485 bits per heavy atom. The third-order valence-corrected chi connectivity index (χ3v) is 15.7. The largest absolute Gasteiger partial charge is 0.387 e. The average molecular weight is 1310 g/mol. The number of amides is 6. The Labute approximate surface area is 555 Å². The number of urea groups is 3. The third-order valence-electron chi connectivity index (χ3n) is 15.7. The number of rotatable bonds is 18. The van der Waals surface area contributed by atoms with Crippen molar-refractivity contribution >= 4 is 69.0 Å². The summed E-state index contributed by atoms with van der Waals surface area (Å²) in [5.41, 5.74) is 12.5. The molecule has 0 aliphatic heterocycles. The van der Waals surface area contributed by atoms with Crippen LogP contribution >= 0.6 is 0 Å². The molecular formula is C71H71F3N18O5. The summed E-state index contributed by atoms with van der Waals surface area (Å²) in [5, 5.41) is 36.5. The summed E-state index contributed by atoms with van der Waals surface area (Å²) in [6, 6.07) is 29.9. The third kappa shape index (κ3) is 15.8. The number of nitrogens with one attached hydrogen (secondary N) is 9. The van der Waals surface area contributed by atoms with Gasteiger partial charge in [-0.15, -0.1) is 0 Å². The zero-order chi connectivity index (χ0) is 68.3. The quantitative estimate of drug-likeness (QED) is 0.0381. The van der Waals surface area contributed by atoms with Crippen molar-refractivity contribution in [1.82, 2.24) is 75.8 Å². The number of anilines is 3. The van der Waals surface area contributed by atoms with Crippen molar-refractivity contribution in [2.24, 2.45) is 11.8 Å². The topological polar surface area (TPSA) is 327 Å². The smallest absolute Gasteiger partial charge is 0.321 e. The fourth-order valence-corrected chi connectivity index (χ4v) is 10.8. The molecule has 2 unspecified atom stereocenters. The molecule has 12 aromatic rings. The van der Waals surface area contributed by atoms with Crippen LogP contribution in [0.4, 0.5) is 45.4 Å². The molecule has 97 heavy (non-hydrogen) atoms. The van der Waals surface area contributed by atoms with Gasteiger partial charge >= 0.3 is 18.1 Å². The lowest BCUT2D eigenvalue weighted by Gasteiger charge is -2.14.